The van der Waals surface area contributed by atoms with Gasteiger partial charge in [0.15, 0.2) is 5.82 Å². The van der Waals surface area contributed by atoms with Gasteiger partial charge in [-0.05, 0) is 23.6 Å². The highest BCUT2D eigenvalue weighted by Gasteiger charge is 2.31. The first kappa shape index (κ1) is 20.3. The van der Waals surface area contributed by atoms with E-state index in [1.165, 1.54) is 27.0 Å². The average Bonchev–Trinajstić information content (AvgIpc) is 3.55. The molecule has 0 unspecified atom stereocenters. The van der Waals surface area contributed by atoms with Gasteiger partial charge in [-0.25, -0.2) is 18.4 Å². The van der Waals surface area contributed by atoms with Gasteiger partial charge in [0.2, 0.25) is 5.91 Å². The summed E-state index contributed by atoms with van der Waals surface area (Å²) in [6.07, 6.45) is 0. The molecule has 1 saturated heterocycles. The topological polar surface area (TPSA) is 88.4 Å². The Morgan fingerprint density at radius 2 is 1.87 bits per heavy atom. The second kappa shape index (κ2) is 8.15. The molecule has 1 fully saturated rings. The van der Waals surface area contributed by atoms with Gasteiger partial charge in [-0.15, -0.1) is 22.7 Å². The Morgan fingerprint density at radius 3 is 2.58 bits per heavy atom. The third-order valence-corrected chi connectivity index (χ3v) is 9.15. The summed E-state index contributed by atoms with van der Waals surface area (Å²) >= 11 is 2.69. The summed E-state index contributed by atoms with van der Waals surface area (Å²) in [6.45, 7) is 1.43. The van der Waals surface area contributed by atoms with Crippen molar-refractivity contribution in [3.05, 3.63) is 52.7 Å². The molecule has 5 rings (SSSR count). The molecule has 11 heteroatoms. The van der Waals surface area contributed by atoms with Crippen molar-refractivity contribution in [1.29, 1.82) is 0 Å². The summed E-state index contributed by atoms with van der Waals surface area (Å²) in [5.74, 6) is 0.600. The van der Waals surface area contributed by atoms with Crippen LogP contribution in [0.2, 0.25) is 0 Å². The van der Waals surface area contributed by atoms with Crippen LogP contribution in [-0.2, 0) is 21.4 Å². The second-order valence-corrected chi connectivity index (χ2v) is 10.9. The third-order valence-electron chi connectivity index (χ3n) is 5.29. The van der Waals surface area contributed by atoms with Gasteiger partial charge >= 0.3 is 0 Å². The predicted octanol–water partition coefficient (Wildman–Crippen LogP) is 2.75. The van der Waals surface area contributed by atoms with Crippen LogP contribution in [0.5, 0.6) is 0 Å². The Labute approximate surface area is 187 Å². The number of hydrogen-bond acceptors (Lipinski definition) is 7. The molecule has 0 atom stereocenters. The zero-order valence-corrected chi connectivity index (χ0v) is 18.9. The zero-order valence-electron chi connectivity index (χ0n) is 16.4. The van der Waals surface area contributed by atoms with Gasteiger partial charge in [-0.1, -0.05) is 18.2 Å². The second-order valence-electron chi connectivity index (χ2n) is 7.10. The van der Waals surface area contributed by atoms with Crippen LogP contribution >= 0.6 is 22.7 Å². The highest BCUT2D eigenvalue weighted by atomic mass is 32.2. The molecule has 0 radical (unpaired) electrons. The Morgan fingerprint density at radius 1 is 1.06 bits per heavy atom. The lowest BCUT2D eigenvalue weighted by molar-refractivity contribution is -0.132. The normalized spacial score (nSPS) is 15.5. The molecule has 160 valence electrons. The van der Waals surface area contributed by atoms with Crippen LogP contribution in [0.1, 0.15) is 0 Å². The van der Waals surface area contributed by atoms with Crippen molar-refractivity contribution in [2.75, 3.05) is 26.2 Å². The number of aromatic nitrogens is 3. The summed E-state index contributed by atoms with van der Waals surface area (Å²) in [7, 11) is -3.49. The standard InChI is InChI=1S/C20H19N5O3S3/c26-18(23-7-9-24(10-8-23)31(27,28)19-6-3-11-30-19)12-25-17-5-2-1-4-15(17)22-20(25)16-13-29-14-21-16/h1-6,11,13-14H,7-10,12H2. The van der Waals surface area contributed by atoms with Gasteiger partial charge in [0.1, 0.15) is 16.4 Å². The number of piperazine rings is 1. The first-order chi connectivity index (χ1) is 15.0. The van der Waals surface area contributed by atoms with Crippen molar-refractivity contribution in [2.45, 2.75) is 10.8 Å². The molecule has 1 amide bonds. The Kier molecular flexibility index (Phi) is 5.34. The number of carbonyl (C=O) groups is 1. The first-order valence-corrected chi connectivity index (χ1v) is 13.0. The molecular formula is C20H19N5O3S3. The van der Waals surface area contributed by atoms with Gasteiger partial charge < -0.3 is 9.47 Å². The van der Waals surface area contributed by atoms with E-state index < -0.39 is 10.0 Å². The van der Waals surface area contributed by atoms with Crippen LogP contribution in [0.3, 0.4) is 0 Å². The molecule has 1 aromatic carbocycles. The fourth-order valence-electron chi connectivity index (χ4n) is 3.70. The lowest BCUT2D eigenvalue weighted by Crippen LogP contribution is -2.51. The van der Waals surface area contributed by atoms with E-state index in [0.29, 0.717) is 23.1 Å². The first-order valence-electron chi connectivity index (χ1n) is 9.69. The number of carbonyl (C=O) groups excluding carboxylic acids is 1. The number of benzene rings is 1. The van der Waals surface area contributed by atoms with Crippen LogP contribution in [0.15, 0.2) is 56.9 Å². The van der Waals surface area contributed by atoms with E-state index in [0.717, 1.165) is 16.7 Å². The number of sulfonamides is 1. The SMILES string of the molecule is O=C(Cn1c(-c2cscn2)nc2ccccc21)N1CCN(S(=O)(=O)c2cccs2)CC1. The van der Waals surface area contributed by atoms with Crippen molar-refractivity contribution in [1.82, 2.24) is 23.7 Å². The summed E-state index contributed by atoms with van der Waals surface area (Å²) < 4.78 is 29.1. The van der Waals surface area contributed by atoms with Crippen molar-refractivity contribution < 1.29 is 13.2 Å². The average molecular weight is 474 g/mol. The number of para-hydroxylation sites is 2. The van der Waals surface area contributed by atoms with Crippen LogP contribution in [0.4, 0.5) is 0 Å². The third kappa shape index (κ3) is 3.78. The van der Waals surface area contributed by atoms with Gasteiger partial charge in [-0.3, -0.25) is 4.79 Å². The molecule has 1 aliphatic rings. The molecule has 31 heavy (non-hydrogen) atoms. The molecular weight excluding hydrogens is 454 g/mol. The Bertz CT molecular complexity index is 1310. The molecule has 3 aromatic heterocycles. The Balaban J connectivity index is 1.34. The molecule has 8 nitrogen and oxygen atoms in total. The maximum absolute atomic E-state index is 13.1. The number of fused-ring (bicyclic) bond motifs is 1. The van der Waals surface area contributed by atoms with E-state index in [1.807, 2.05) is 34.2 Å². The molecule has 4 aromatic rings. The maximum atomic E-state index is 13.1. The molecule has 0 aliphatic carbocycles. The number of hydrogen-bond donors (Lipinski definition) is 0. The van der Waals surface area contributed by atoms with Crippen molar-refractivity contribution in [3.63, 3.8) is 0 Å². The van der Waals surface area contributed by atoms with E-state index in [-0.39, 0.29) is 25.5 Å². The predicted molar refractivity (Wildman–Crippen MR) is 120 cm³/mol. The number of rotatable bonds is 5. The molecule has 4 heterocycles. The number of thiazole rings is 1. The maximum Gasteiger partial charge on any atom is 0.252 e. The monoisotopic (exact) mass is 473 g/mol. The van der Waals surface area contributed by atoms with E-state index in [2.05, 4.69) is 9.97 Å². The lowest BCUT2D eigenvalue weighted by Gasteiger charge is -2.33. The van der Waals surface area contributed by atoms with Crippen LogP contribution in [0, 0.1) is 0 Å². The zero-order chi connectivity index (χ0) is 21.4. The molecule has 0 saturated carbocycles. The largest absolute Gasteiger partial charge is 0.339 e. The summed E-state index contributed by atoms with van der Waals surface area (Å²) in [6, 6.07) is 11.0. The number of nitrogens with zero attached hydrogens (tertiary/aromatic N) is 5. The number of amides is 1. The van der Waals surface area contributed by atoms with E-state index in [4.69, 9.17) is 0 Å². The molecule has 0 bridgehead atoms. The molecule has 0 N–H and O–H groups in total. The van der Waals surface area contributed by atoms with Crippen LogP contribution < -0.4 is 0 Å². The van der Waals surface area contributed by atoms with E-state index >= 15 is 0 Å². The highest BCUT2D eigenvalue weighted by Crippen LogP contribution is 2.26. The van der Waals surface area contributed by atoms with E-state index in [9.17, 15) is 13.2 Å². The van der Waals surface area contributed by atoms with E-state index in [1.54, 1.807) is 27.9 Å². The van der Waals surface area contributed by atoms with Crippen molar-refractivity contribution in [3.8, 4) is 11.5 Å². The minimum absolute atomic E-state index is 0.0622. The molecule has 1 aliphatic heterocycles. The lowest BCUT2D eigenvalue weighted by atomic mass is 10.3. The quantitative estimate of drug-likeness (QED) is 0.445. The van der Waals surface area contributed by atoms with Gasteiger partial charge in [0, 0.05) is 31.6 Å². The fourth-order valence-corrected chi connectivity index (χ4v) is 6.80. The number of imidazole rings is 1. The minimum Gasteiger partial charge on any atom is -0.339 e. The summed E-state index contributed by atoms with van der Waals surface area (Å²) in [5.41, 5.74) is 4.16. The minimum atomic E-state index is -3.49. The summed E-state index contributed by atoms with van der Waals surface area (Å²) in [5, 5.41) is 3.67. The van der Waals surface area contributed by atoms with Gasteiger partial charge in [-0.2, -0.15) is 4.31 Å². The number of thiophene rings is 1. The highest BCUT2D eigenvalue weighted by molar-refractivity contribution is 7.91. The van der Waals surface area contributed by atoms with Crippen molar-refractivity contribution >= 4 is 49.6 Å². The van der Waals surface area contributed by atoms with Gasteiger partial charge in [0.05, 0.1) is 16.5 Å². The Hall–Kier alpha value is -2.60. The van der Waals surface area contributed by atoms with Gasteiger partial charge in [0.25, 0.3) is 10.0 Å². The smallest absolute Gasteiger partial charge is 0.252 e. The van der Waals surface area contributed by atoms with Crippen LogP contribution in [0.25, 0.3) is 22.6 Å². The molecule has 0 spiro atoms. The van der Waals surface area contributed by atoms with Crippen molar-refractivity contribution in [2.24, 2.45) is 0 Å². The van der Waals surface area contributed by atoms with Crippen LogP contribution in [-0.4, -0.2) is 64.2 Å². The summed E-state index contributed by atoms with van der Waals surface area (Å²) in [4.78, 5) is 23.9. The fraction of sp³-hybridized carbons (Fsp3) is 0.250.